The lowest BCUT2D eigenvalue weighted by Gasteiger charge is -1.99. The van der Waals surface area contributed by atoms with Crippen molar-refractivity contribution in [2.24, 2.45) is 0 Å². The molecule has 0 fully saturated rings. The van der Waals surface area contributed by atoms with E-state index in [1.54, 1.807) is 23.6 Å². The molecular weight excluding hydrogens is 420 g/mol. The first-order valence-electron chi connectivity index (χ1n) is 7.97. The Bertz CT molecular complexity index is 1140. The zero-order chi connectivity index (χ0) is 21.0. The number of nitro benzene ring substituents is 2. The molecule has 0 spiro atoms. The van der Waals surface area contributed by atoms with Gasteiger partial charge in [0, 0.05) is 35.2 Å². The van der Waals surface area contributed by atoms with Crippen LogP contribution >= 0.6 is 22.9 Å². The number of non-ortho nitro benzene ring substituents is 1. The van der Waals surface area contributed by atoms with Gasteiger partial charge >= 0.3 is 0 Å². The molecule has 11 heteroatoms. The number of halogens is 1. The molecule has 0 aliphatic heterocycles. The van der Waals surface area contributed by atoms with Crippen LogP contribution in [0.5, 0.6) is 0 Å². The van der Waals surface area contributed by atoms with Gasteiger partial charge in [-0.15, -0.1) is 11.3 Å². The van der Waals surface area contributed by atoms with Gasteiger partial charge in [0.2, 0.25) is 5.91 Å². The van der Waals surface area contributed by atoms with Crippen LogP contribution < -0.4 is 5.32 Å². The highest BCUT2D eigenvalue weighted by Gasteiger charge is 2.13. The standard InChI is InChI=1S/C18H11ClN4O5S/c19-14-6-4-11(8-16(14)23(27)28)5-7-17(24)21-18-20-15(10-29-18)12-2-1-3-13(9-12)22(25)26/h1-10H,(H,20,21,24). The number of amides is 1. The predicted octanol–water partition coefficient (Wildman–Crippen LogP) is 4.93. The van der Waals surface area contributed by atoms with E-state index in [1.165, 1.54) is 36.4 Å². The number of anilines is 1. The highest BCUT2D eigenvalue weighted by Crippen LogP contribution is 2.28. The summed E-state index contributed by atoms with van der Waals surface area (Å²) in [6.07, 6.45) is 2.62. The van der Waals surface area contributed by atoms with Crippen molar-refractivity contribution in [3.05, 3.63) is 84.7 Å². The van der Waals surface area contributed by atoms with Gasteiger partial charge in [-0.2, -0.15) is 0 Å². The Balaban J connectivity index is 1.70. The first-order chi connectivity index (χ1) is 13.8. The lowest BCUT2D eigenvalue weighted by atomic mass is 10.1. The highest BCUT2D eigenvalue weighted by molar-refractivity contribution is 7.14. The van der Waals surface area contributed by atoms with E-state index in [-0.39, 0.29) is 16.4 Å². The van der Waals surface area contributed by atoms with Crippen molar-refractivity contribution in [3.8, 4) is 11.3 Å². The fraction of sp³-hybridized carbons (Fsp3) is 0. The fourth-order valence-corrected chi connectivity index (χ4v) is 3.24. The monoisotopic (exact) mass is 430 g/mol. The van der Waals surface area contributed by atoms with Crippen molar-refractivity contribution in [2.45, 2.75) is 0 Å². The number of thiazole rings is 1. The number of aromatic nitrogens is 1. The highest BCUT2D eigenvalue weighted by atomic mass is 35.5. The Morgan fingerprint density at radius 1 is 1.14 bits per heavy atom. The van der Waals surface area contributed by atoms with E-state index in [2.05, 4.69) is 10.3 Å². The van der Waals surface area contributed by atoms with Crippen LogP contribution in [0, 0.1) is 20.2 Å². The number of carbonyl (C=O) groups is 1. The molecule has 9 nitrogen and oxygen atoms in total. The average molecular weight is 431 g/mol. The molecular formula is C18H11ClN4O5S. The summed E-state index contributed by atoms with van der Waals surface area (Å²) in [7, 11) is 0. The van der Waals surface area contributed by atoms with Crippen LogP contribution in [0.4, 0.5) is 16.5 Å². The van der Waals surface area contributed by atoms with Crippen molar-refractivity contribution in [1.82, 2.24) is 4.98 Å². The van der Waals surface area contributed by atoms with E-state index in [0.717, 1.165) is 11.3 Å². The van der Waals surface area contributed by atoms with Crippen LogP contribution in [0.25, 0.3) is 17.3 Å². The molecule has 0 bridgehead atoms. The van der Waals surface area contributed by atoms with E-state index in [9.17, 15) is 25.0 Å². The maximum absolute atomic E-state index is 12.1. The molecule has 1 heterocycles. The zero-order valence-electron chi connectivity index (χ0n) is 14.4. The zero-order valence-corrected chi connectivity index (χ0v) is 16.0. The van der Waals surface area contributed by atoms with Gasteiger partial charge in [0.1, 0.15) is 5.02 Å². The van der Waals surface area contributed by atoms with Crippen LogP contribution in [-0.4, -0.2) is 20.7 Å². The second kappa shape index (κ2) is 8.59. The molecule has 0 aliphatic rings. The van der Waals surface area contributed by atoms with Crippen LogP contribution in [0.2, 0.25) is 5.02 Å². The summed E-state index contributed by atoms with van der Waals surface area (Å²) in [6, 6.07) is 10.2. The summed E-state index contributed by atoms with van der Waals surface area (Å²) < 4.78 is 0. The summed E-state index contributed by atoms with van der Waals surface area (Å²) in [6.45, 7) is 0. The Hall–Kier alpha value is -3.63. The Morgan fingerprint density at radius 3 is 2.66 bits per heavy atom. The first-order valence-corrected chi connectivity index (χ1v) is 9.22. The quantitative estimate of drug-likeness (QED) is 0.335. The van der Waals surface area contributed by atoms with Gasteiger partial charge in [0.05, 0.1) is 15.5 Å². The summed E-state index contributed by atoms with van der Waals surface area (Å²) in [4.78, 5) is 37.0. The lowest BCUT2D eigenvalue weighted by Crippen LogP contribution is -2.07. The van der Waals surface area contributed by atoms with Crippen molar-refractivity contribution < 1.29 is 14.6 Å². The summed E-state index contributed by atoms with van der Waals surface area (Å²) in [5, 5.41) is 26.3. The van der Waals surface area contributed by atoms with Gasteiger partial charge in [-0.25, -0.2) is 4.98 Å². The molecule has 0 saturated heterocycles. The third-order valence-electron chi connectivity index (χ3n) is 3.68. The van der Waals surface area contributed by atoms with Gasteiger partial charge in [0.25, 0.3) is 11.4 Å². The van der Waals surface area contributed by atoms with Crippen LogP contribution in [0.3, 0.4) is 0 Å². The Morgan fingerprint density at radius 2 is 1.93 bits per heavy atom. The third kappa shape index (κ3) is 5.00. The van der Waals surface area contributed by atoms with E-state index in [0.29, 0.717) is 22.0 Å². The van der Waals surface area contributed by atoms with Crippen LogP contribution in [0.15, 0.2) is 53.9 Å². The summed E-state index contributed by atoms with van der Waals surface area (Å²) in [5.74, 6) is -0.484. The molecule has 0 aliphatic carbocycles. The smallest absolute Gasteiger partial charge is 0.288 e. The van der Waals surface area contributed by atoms with E-state index < -0.39 is 15.8 Å². The largest absolute Gasteiger partial charge is 0.298 e. The van der Waals surface area contributed by atoms with Gasteiger partial charge in [-0.1, -0.05) is 29.8 Å². The normalized spacial score (nSPS) is 10.8. The number of nitro groups is 2. The topological polar surface area (TPSA) is 128 Å². The maximum atomic E-state index is 12.1. The molecule has 0 unspecified atom stereocenters. The van der Waals surface area contributed by atoms with E-state index >= 15 is 0 Å². The number of nitrogens with one attached hydrogen (secondary N) is 1. The van der Waals surface area contributed by atoms with Gasteiger partial charge in [0.15, 0.2) is 5.13 Å². The minimum atomic E-state index is -0.606. The number of nitrogens with zero attached hydrogens (tertiary/aromatic N) is 3. The molecule has 3 aromatic rings. The van der Waals surface area contributed by atoms with E-state index in [4.69, 9.17) is 11.6 Å². The van der Waals surface area contributed by atoms with E-state index in [1.807, 2.05) is 0 Å². The molecule has 0 radical (unpaired) electrons. The number of benzene rings is 2. The van der Waals surface area contributed by atoms with Gasteiger partial charge in [-0.05, 0) is 17.7 Å². The summed E-state index contributed by atoms with van der Waals surface area (Å²) >= 11 is 6.92. The SMILES string of the molecule is O=C(C=Cc1ccc(Cl)c([N+](=O)[O-])c1)Nc1nc(-c2cccc([N+](=O)[O-])c2)cs1. The van der Waals surface area contributed by atoms with Crippen LogP contribution in [0.1, 0.15) is 5.56 Å². The molecule has 1 amide bonds. The Kier molecular flexibility index (Phi) is 5.96. The minimum Gasteiger partial charge on any atom is -0.298 e. The number of hydrogen-bond donors (Lipinski definition) is 1. The van der Waals surface area contributed by atoms with Crippen molar-refractivity contribution in [3.63, 3.8) is 0 Å². The first kappa shape index (κ1) is 20.1. The van der Waals surface area contributed by atoms with Crippen LogP contribution in [-0.2, 0) is 4.79 Å². The molecule has 0 atom stereocenters. The number of rotatable bonds is 6. The molecule has 29 heavy (non-hydrogen) atoms. The predicted molar refractivity (Wildman–Crippen MR) is 110 cm³/mol. The van der Waals surface area contributed by atoms with Crippen molar-refractivity contribution in [1.29, 1.82) is 0 Å². The Labute approximate surface area is 172 Å². The molecule has 3 rings (SSSR count). The third-order valence-corrected chi connectivity index (χ3v) is 4.76. The van der Waals surface area contributed by atoms with Gasteiger partial charge < -0.3 is 0 Å². The average Bonchev–Trinajstić information content (AvgIpc) is 3.15. The second-order valence-corrected chi connectivity index (χ2v) is 6.90. The van der Waals surface area contributed by atoms with Crippen molar-refractivity contribution in [2.75, 3.05) is 5.32 Å². The second-order valence-electron chi connectivity index (χ2n) is 5.64. The molecule has 1 aromatic heterocycles. The van der Waals surface area contributed by atoms with Gasteiger partial charge in [-0.3, -0.25) is 30.3 Å². The molecule has 0 saturated carbocycles. The minimum absolute atomic E-state index is 0.00747. The number of carbonyl (C=O) groups excluding carboxylic acids is 1. The molecule has 2 aromatic carbocycles. The fourth-order valence-electron chi connectivity index (χ4n) is 2.33. The maximum Gasteiger partial charge on any atom is 0.288 e. The van der Waals surface area contributed by atoms with Crippen molar-refractivity contribution >= 4 is 51.4 Å². The molecule has 146 valence electrons. The summed E-state index contributed by atoms with van der Waals surface area (Å²) in [5.41, 5.74) is 1.18. The lowest BCUT2D eigenvalue weighted by molar-refractivity contribution is -0.384. The number of hydrogen-bond acceptors (Lipinski definition) is 7. The molecule has 1 N–H and O–H groups in total.